The molecule has 1 N–H and O–H groups in total. The van der Waals surface area contributed by atoms with Gasteiger partial charge in [0.05, 0.1) is 13.4 Å². The molecule has 0 aliphatic heterocycles. The van der Waals surface area contributed by atoms with Gasteiger partial charge in [-0.15, -0.1) is 0 Å². The Bertz CT molecular complexity index is 166. The van der Waals surface area contributed by atoms with Crippen molar-refractivity contribution in [3.63, 3.8) is 0 Å². The molecular weight excluding hydrogens is 128 g/mol. The van der Waals surface area contributed by atoms with Gasteiger partial charge in [0.2, 0.25) is 0 Å². The molecule has 0 aliphatic carbocycles. The number of aliphatic hydroxyl groups is 1. The summed E-state index contributed by atoms with van der Waals surface area (Å²) in [5.41, 5.74) is 0.928. The zero-order valence-electron chi connectivity index (χ0n) is 6.29. The summed E-state index contributed by atoms with van der Waals surface area (Å²) in [4.78, 5) is 0. The maximum atomic E-state index is 8.62. The van der Waals surface area contributed by atoms with Gasteiger partial charge in [-0.25, -0.2) is 0 Å². The normalized spacial score (nSPS) is 12.0. The van der Waals surface area contributed by atoms with Crippen LogP contribution in [0.2, 0.25) is 0 Å². The van der Waals surface area contributed by atoms with Crippen molar-refractivity contribution in [2.75, 3.05) is 7.11 Å². The highest BCUT2D eigenvalue weighted by atomic mass is 16.5. The molecule has 56 valence electrons. The highest BCUT2D eigenvalue weighted by Gasteiger charge is 1.80. The maximum Gasteiger partial charge on any atom is 0.108 e. The first-order valence-electron chi connectivity index (χ1n) is 2.92. The van der Waals surface area contributed by atoms with Gasteiger partial charge in [0.1, 0.15) is 5.76 Å². The van der Waals surface area contributed by atoms with Crippen LogP contribution in [0.1, 0.15) is 6.92 Å². The van der Waals surface area contributed by atoms with Crippen LogP contribution >= 0.6 is 0 Å². The summed E-state index contributed by atoms with van der Waals surface area (Å²) in [6, 6.07) is 0. The van der Waals surface area contributed by atoms with Gasteiger partial charge in [-0.2, -0.15) is 0 Å². The largest absolute Gasteiger partial charge is 0.509 e. The molecule has 0 rings (SSSR count). The Morgan fingerprint density at radius 3 is 2.50 bits per heavy atom. The van der Waals surface area contributed by atoms with Crippen LogP contribution in [-0.2, 0) is 4.74 Å². The van der Waals surface area contributed by atoms with E-state index < -0.39 is 0 Å². The third kappa shape index (κ3) is 4.97. The van der Waals surface area contributed by atoms with Gasteiger partial charge in [0, 0.05) is 0 Å². The van der Waals surface area contributed by atoms with E-state index in [9.17, 15) is 0 Å². The highest BCUT2D eigenvalue weighted by Crippen LogP contribution is 1.96. The molecule has 0 aliphatic rings. The van der Waals surface area contributed by atoms with Crippen LogP contribution in [0.15, 0.2) is 36.3 Å². The third-order valence-corrected chi connectivity index (χ3v) is 0.842. The molecule has 0 unspecified atom stereocenters. The van der Waals surface area contributed by atoms with Crippen LogP contribution in [0.3, 0.4) is 0 Å². The lowest BCUT2D eigenvalue weighted by atomic mass is 10.3. The molecule has 0 saturated carbocycles. The Kier molecular flexibility index (Phi) is 4.12. The Morgan fingerprint density at radius 1 is 1.50 bits per heavy atom. The number of hydrogen-bond donors (Lipinski definition) is 1. The summed E-state index contributed by atoms with van der Waals surface area (Å²) in [6.45, 7) is 5.15. The van der Waals surface area contributed by atoms with Crippen molar-refractivity contribution in [2.24, 2.45) is 0 Å². The molecule has 0 spiro atoms. The first-order valence-corrected chi connectivity index (χ1v) is 2.92. The molecule has 0 saturated heterocycles. The van der Waals surface area contributed by atoms with Crippen molar-refractivity contribution in [3.05, 3.63) is 36.3 Å². The molecule has 0 aromatic rings. The summed E-state index contributed by atoms with van der Waals surface area (Å²) in [7, 11) is 1.57. The Labute approximate surface area is 61.1 Å². The second kappa shape index (κ2) is 4.68. The number of allylic oxidation sites excluding steroid dienone is 3. The standard InChI is InChI=1S/C8H12O2/c1-7(6-10-3)4-5-8(2)9/h4-6,9H,2H2,1,3H3/b5-4-,7-6-. The summed E-state index contributed by atoms with van der Waals surface area (Å²) in [6.07, 6.45) is 4.80. The topological polar surface area (TPSA) is 29.5 Å². The summed E-state index contributed by atoms with van der Waals surface area (Å²) in [5.74, 6) is 0.0452. The fourth-order valence-corrected chi connectivity index (χ4v) is 0.453. The average Bonchev–Trinajstić information content (AvgIpc) is 1.85. The summed E-state index contributed by atoms with van der Waals surface area (Å²) >= 11 is 0. The Balaban J connectivity index is 3.89. The molecule has 0 atom stereocenters. The quantitative estimate of drug-likeness (QED) is 0.481. The second-order valence-corrected chi connectivity index (χ2v) is 1.92. The SMILES string of the molecule is C=C(O)/C=C\C(C)=C/OC. The zero-order chi connectivity index (χ0) is 7.98. The van der Waals surface area contributed by atoms with Gasteiger partial charge in [0.25, 0.3) is 0 Å². The lowest BCUT2D eigenvalue weighted by Gasteiger charge is -1.90. The fraction of sp³-hybridized carbons (Fsp3) is 0.250. The van der Waals surface area contributed by atoms with E-state index in [1.54, 1.807) is 19.4 Å². The Hall–Kier alpha value is -1.18. The van der Waals surface area contributed by atoms with Crippen molar-refractivity contribution in [2.45, 2.75) is 6.92 Å². The molecule has 0 amide bonds. The van der Waals surface area contributed by atoms with Crippen LogP contribution in [0.25, 0.3) is 0 Å². The number of rotatable bonds is 3. The van der Waals surface area contributed by atoms with Gasteiger partial charge in [-0.3, -0.25) is 0 Å². The van der Waals surface area contributed by atoms with Gasteiger partial charge in [-0.1, -0.05) is 12.7 Å². The van der Waals surface area contributed by atoms with Crippen LogP contribution < -0.4 is 0 Å². The number of ether oxygens (including phenoxy) is 1. The van der Waals surface area contributed by atoms with E-state index >= 15 is 0 Å². The number of hydrogen-bond acceptors (Lipinski definition) is 2. The highest BCUT2D eigenvalue weighted by molar-refractivity contribution is 5.19. The zero-order valence-corrected chi connectivity index (χ0v) is 6.29. The molecule has 0 aromatic heterocycles. The van der Waals surface area contributed by atoms with Crippen molar-refractivity contribution in [1.82, 2.24) is 0 Å². The summed E-state index contributed by atoms with van der Waals surface area (Å²) in [5, 5.41) is 8.62. The molecule has 0 heterocycles. The predicted molar refractivity (Wildman–Crippen MR) is 41.7 cm³/mol. The van der Waals surface area contributed by atoms with Crippen LogP contribution in [0.5, 0.6) is 0 Å². The molecule has 0 bridgehead atoms. The first-order chi connectivity index (χ1) is 4.66. The monoisotopic (exact) mass is 140 g/mol. The first kappa shape index (κ1) is 8.82. The maximum absolute atomic E-state index is 8.62. The van der Waals surface area contributed by atoms with Gasteiger partial charge >= 0.3 is 0 Å². The van der Waals surface area contributed by atoms with Crippen LogP contribution in [0, 0.1) is 0 Å². The lowest BCUT2D eigenvalue weighted by molar-refractivity contribution is 0.335. The van der Waals surface area contributed by atoms with E-state index in [0.717, 1.165) is 5.57 Å². The molecular formula is C8H12O2. The van der Waals surface area contributed by atoms with E-state index in [-0.39, 0.29) is 5.76 Å². The van der Waals surface area contributed by atoms with E-state index in [1.807, 2.05) is 6.92 Å². The van der Waals surface area contributed by atoms with Crippen molar-refractivity contribution >= 4 is 0 Å². The minimum Gasteiger partial charge on any atom is -0.509 e. The van der Waals surface area contributed by atoms with Crippen molar-refractivity contribution in [3.8, 4) is 0 Å². The third-order valence-electron chi connectivity index (χ3n) is 0.842. The number of methoxy groups -OCH3 is 1. The van der Waals surface area contributed by atoms with Gasteiger partial charge < -0.3 is 9.84 Å². The van der Waals surface area contributed by atoms with Crippen molar-refractivity contribution < 1.29 is 9.84 Å². The van der Waals surface area contributed by atoms with E-state index in [1.165, 1.54) is 6.08 Å². The van der Waals surface area contributed by atoms with Gasteiger partial charge in [-0.05, 0) is 18.6 Å². The lowest BCUT2D eigenvalue weighted by Crippen LogP contribution is -1.73. The van der Waals surface area contributed by atoms with E-state index in [0.29, 0.717) is 0 Å². The second-order valence-electron chi connectivity index (χ2n) is 1.92. The van der Waals surface area contributed by atoms with Crippen molar-refractivity contribution in [1.29, 1.82) is 0 Å². The molecule has 2 nitrogen and oxygen atoms in total. The minimum absolute atomic E-state index is 0.0452. The molecule has 0 fully saturated rings. The number of aliphatic hydroxyl groups excluding tert-OH is 1. The molecule has 10 heavy (non-hydrogen) atoms. The molecule has 0 aromatic carbocycles. The van der Waals surface area contributed by atoms with Crippen LogP contribution in [-0.4, -0.2) is 12.2 Å². The van der Waals surface area contributed by atoms with E-state index in [2.05, 4.69) is 6.58 Å². The minimum atomic E-state index is 0.0452. The predicted octanol–water partition coefficient (Wildman–Crippen LogP) is 2.16. The van der Waals surface area contributed by atoms with Gasteiger partial charge in [0.15, 0.2) is 0 Å². The Morgan fingerprint density at radius 2 is 2.10 bits per heavy atom. The molecule has 0 radical (unpaired) electrons. The summed E-state index contributed by atoms with van der Waals surface area (Å²) < 4.78 is 4.71. The van der Waals surface area contributed by atoms with E-state index in [4.69, 9.17) is 9.84 Å². The fourth-order valence-electron chi connectivity index (χ4n) is 0.453. The molecule has 2 heteroatoms. The smallest absolute Gasteiger partial charge is 0.108 e. The van der Waals surface area contributed by atoms with Crippen LogP contribution in [0.4, 0.5) is 0 Å². The average molecular weight is 140 g/mol.